The van der Waals surface area contributed by atoms with Crippen LogP contribution in [0.3, 0.4) is 0 Å². The largest absolute Gasteiger partial charge is 0.325 e. The van der Waals surface area contributed by atoms with Crippen molar-refractivity contribution in [1.29, 1.82) is 0 Å². The van der Waals surface area contributed by atoms with Gasteiger partial charge < -0.3 is 5.73 Å². The second-order valence-corrected chi connectivity index (χ2v) is 2.82. The fourth-order valence-corrected chi connectivity index (χ4v) is 1.22. The summed E-state index contributed by atoms with van der Waals surface area (Å²) in [5.74, 6) is -0.305. The predicted molar refractivity (Wildman–Crippen MR) is 49.2 cm³/mol. The summed E-state index contributed by atoms with van der Waals surface area (Å²) >= 11 is 0. The highest BCUT2D eigenvalue weighted by Gasteiger charge is 2.04. The maximum absolute atomic E-state index is 12.9. The van der Waals surface area contributed by atoms with Gasteiger partial charge in [0, 0.05) is 6.54 Å². The molecule has 1 heterocycles. The normalized spacial score (nSPS) is 10.4. The Hall–Kier alpha value is -1.75. The molecule has 2 aromatic rings. The Labute approximate surface area is 80.2 Å². The molecular formula is C9H9FN4. The first-order chi connectivity index (χ1) is 6.81. The van der Waals surface area contributed by atoms with Crippen LogP contribution in [0.2, 0.25) is 0 Å². The molecule has 1 aromatic carbocycles. The van der Waals surface area contributed by atoms with Crippen molar-refractivity contribution in [1.82, 2.24) is 15.0 Å². The van der Waals surface area contributed by atoms with Crippen molar-refractivity contribution in [3.05, 3.63) is 42.0 Å². The van der Waals surface area contributed by atoms with E-state index in [1.807, 2.05) is 0 Å². The Bertz CT molecular complexity index is 438. The molecule has 0 bridgehead atoms. The third-order valence-electron chi connectivity index (χ3n) is 1.88. The summed E-state index contributed by atoms with van der Waals surface area (Å²) in [6.07, 6.45) is 1.56. The van der Waals surface area contributed by atoms with Crippen molar-refractivity contribution < 1.29 is 4.39 Å². The lowest BCUT2D eigenvalue weighted by Crippen LogP contribution is -2.06. The highest BCUT2D eigenvalue weighted by Crippen LogP contribution is 2.10. The number of benzene rings is 1. The van der Waals surface area contributed by atoms with Crippen LogP contribution in [0.4, 0.5) is 4.39 Å². The van der Waals surface area contributed by atoms with Crippen molar-refractivity contribution >= 4 is 0 Å². The fraction of sp³-hybridized carbons (Fsp3) is 0.111. The first-order valence-corrected chi connectivity index (χ1v) is 4.17. The summed E-state index contributed by atoms with van der Waals surface area (Å²) in [5.41, 5.74) is 6.85. The second kappa shape index (κ2) is 3.55. The third-order valence-corrected chi connectivity index (χ3v) is 1.88. The molecule has 0 atom stereocenters. The molecule has 0 aliphatic rings. The molecule has 5 heteroatoms. The van der Waals surface area contributed by atoms with Crippen LogP contribution in [-0.2, 0) is 6.54 Å². The summed E-state index contributed by atoms with van der Waals surface area (Å²) in [7, 11) is 0. The van der Waals surface area contributed by atoms with Crippen LogP contribution >= 0.6 is 0 Å². The molecule has 0 unspecified atom stereocenters. The first kappa shape index (κ1) is 8.83. The van der Waals surface area contributed by atoms with E-state index in [0.29, 0.717) is 12.2 Å². The van der Waals surface area contributed by atoms with Gasteiger partial charge in [0.25, 0.3) is 0 Å². The average molecular weight is 192 g/mol. The average Bonchev–Trinajstić information content (AvgIpc) is 2.65. The maximum atomic E-state index is 12.9. The summed E-state index contributed by atoms with van der Waals surface area (Å²) in [6, 6.07) is 6.12. The van der Waals surface area contributed by atoms with Crippen LogP contribution < -0.4 is 5.73 Å². The van der Waals surface area contributed by atoms with Gasteiger partial charge in [-0.25, -0.2) is 9.07 Å². The van der Waals surface area contributed by atoms with E-state index in [4.69, 9.17) is 5.73 Å². The second-order valence-electron chi connectivity index (χ2n) is 2.82. The quantitative estimate of drug-likeness (QED) is 0.767. The molecule has 0 spiro atoms. The summed E-state index contributed by atoms with van der Waals surface area (Å²) in [4.78, 5) is 0. The lowest BCUT2D eigenvalue weighted by atomic mass is 10.3. The van der Waals surface area contributed by atoms with Gasteiger partial charge in [0.05, 0.1) is 17.6 Å². The van der Waals surface area contributed by atoms with Crippen molar-refractivity contribution in [2.24, 2.45) is 5.73 Å². The van der Waals surface area contributed by atoms with Crippen molar-refractivity contribution in [2.45, 2.75) is 6.54 Å². The van der Waals surface area contributed by atoms with E-state index in [0.717, 1.165) is 5.69 Å². The van der Waals surface area contributed by atoms with Gasteiger partial charge in [0.2, 0.25) is 0 Å². The molecule has 0 saturated carbocycles. The summed E-state index contributed by atoms with van der Waals surface area (Å²) < 4.78 is 14.4. The zero-order valence-corrected chi connectivity index (χ0v) is 7.39. The van der Waals surface area contributed by atoms with Gasteiger partial charge in [0.15, 0.2) is 0 Å². The van der Waals surface area contributed by atoms with Gasteiger partial charge in [-0.2, -0.15) is 0 Å². The predicted octanol–water partition coefficient (Wildman–Crippen LogP) is 0.865. The highest BCUT2D eigenvalue weighted by atomic mass is 19.1. The molecule has 72 valence electrons. The van der Waals surface area contributed by atoms with E-state index in [1.54, 1.807) is 18.3 Å². The molecule has 14 heavy (non-hydrogen) atoms. The molecule has 0 amide bonds. The van der Waals surface area contributed by atoms with Gasteiger partial charge in [-0.3, -0.25) is 0 Å². The molecule has 0 aliphatic heterocycles. The number of hydrogen-bond donors (Lipinski definition) is 1. The Balaban J connectivity index is 2.49. The molecular weight excluding hydrogens is 183 g/mol. The molecule has 4 nitrogen and oxygen atoms in total. The van der Waals surface area contributed by atoms with Crippen molar-refractivity contribution in [3.63, 3.8) is 0 Å². The number of rotatable bonds is 2. The molecule has 0 saturated heterocycles. The van der Waals surface area contributed by atoms with E-state index >= 15 is 0 Å². The monoisotopic (exact) mass is 192 g/mol. The topological polar surface area (TPSA) is 56.7 Å². The van der Waals surface area contributed by atoms with Crippen LogP contribution in [0.25, 0.3) is 5.69 Å². The minimum absolute atomic E-state index is 0.305. The van der Waals surface area contributed by atoms with E-state index in [-0.39, 0.29) is 5.82 Å². The fourth-order valence-electron chi connectivity index (χ4n) is 1.22. The maximum Gasteiger partial charge on any atom is 0.125 e. The summed E-state index contributed by atoms with van der Waals surface area (Å²) in [6.45, 7) is 0.323. The SMILES string of the molecule is NCc1cnnn1-c1cccc(F)c1. The van der Waals surface area contributed by atoms with Gasteiger partial charge in [0.1, 0.15) is 5.82 Å². The Morgan fingerprint density at radius 1 is 1.43 bits per heavy atom. The minimum atomic E-state index is -0.305. The lowest BCUT2D eigenvalue weighted by Gasteiger charge is -2.03. The number of halogens is 1. The smallest absolute Gasteiger partial charge is 0.125 e. The van der Waals surface area contributed by atoms with E-state index in [9.17, 15) is 4.39 Å². The zero-order chi connectivity index (χ0) is 9.97. The zero-order valence-electron chi connectivity index (χ0n) is 7.39. The number of hydrogen-bond acceptors (Lipinski definition) is 3. The minimum Gasteiger partial charge on any atom is -0.325 e. The number of aromatic nitrogens is 3. The van der Waals surface area contributed by atoms with Gasteiger partial charge in [-0.15, -0.1) is 5.10 Å². The highest BCUT2D eigenvalue weighted by molar-refractivity contribution is 5.32. The molecule has 2 rings (SSSR count). The first-order valence-electron chi connectivity index (χ1n) is 4.17. The van der Waals surface area contributed by atoms with Crippen LogP contribution in [0.1, 0.15) is 5.69 Å². The summed E-state index contributed by atoms with van der Waals surface area (Å²) in [5, 5.41) is 7.53. The van der Waals surface area contributed by atoms with Crippen LogP contribution in [0.15, 0.2) is 30.5 Å². The van der Waals surface area contributed by atoms with Crippen molar-refractivity contribution in [2.75, 3.05) is 0 Å². The van der Waals surface area contributed by atoms with E-state index in [1.165, 1.54) is 16.8 Å². The Morgan fingerprint density at radius 3 is 3.00 bits per heavy atom. The molecule has 1 aromatic heterocycles. The van der Waals surface area contributed by atoms with Gasteiger partial charge >= 0.3 is 0 Å². The Kier molecular flexibility index (Phi) is 2.24. The van der Waals surface area contributed by atoms with Crippen molar-refractivity contribution in [3.8, 4) is 5.69 Å². The number of nitrogens with two attached hydrogens (primary N) is 1. The van der Waals surface area contributed by atoms with Crippen LogP contribution in [0, 0.1) is 5.82 Å². The molecule has 0 aliphatic carbocycles. The lowest BCUT2D eigenvalue weighted by molar-refractivity contribution is 0.624. The van der Waals surface area contributed by atoms with Gasteiger partial charge in [-0.05, 0) is 18.2 Å². The number of nitrogens with zero attached hydrogens (tertiary/aromatic N) is 3. The van der Waals surface area contributed by atoms with E-state index in [2.05, 4.69) is 10.3 Å². The van der Waals surface area contributed by atoms with Crippen LogP contribution in [-0.4, -0.2) is 15.0 Å². The third kappa shape index (κ3) is 1.49. The standard InChI is InChI=1S/C9H9FN4/c10-7-2-1-3-8(4-7)14-9(5-11)6-12-13-14/h1-4,6H,5,11H2. The Morgan fingerprint density at radius 2 is 2.29 bits per heavy atom. The van der Waals surface area contributed by atoms with Crippen LogP contribution in [0.5, 0.6) is 0 Å². The van der Waals surface area contributed by atoms with Gasteiger partial charge in [-0.1, -0.05) is 11.3 Å². The van der Waals surface area contributed by atoms with E-state index < -0.39 is 0 Å². The molecule has 0 radical (unpaired) electrons. The molecule has 2 N–H and O–H groups in total. The molecule has 0 fully saturated rings.